The zero-order valence-corrected chi connectivity index (χ0v) is 14.1. The molecule has 4 nitrogen and oxygen atoms in total. The largest absolute Gasteiger partial charge is 0.350 e. The Labute approximate surface area is 118 Å². The molecule has 0 spiro atoms. The van der Waals surface area contributed by atoms with Gasteiger partial charge in [0.15, 0.2) is 9.84 Å². The van der Waals surface area contributed by atoms with Crippen LogP contribution in [-0.2, 0) is 14.6 Å². The lowest BCUT2D eigenvalue weighted by atomic mass is 9.99. The molecular weight excluding hydrogens is 262 g/mol. The van der Waals surface area contributed by atoms with Crippen LogP contribution in [0.4, 0.5) is 0 Å². The second-order valence-corrected chi connectivity index (χ2v) is 8.83. The molecule has 0 aromatic rings. The molecule has 1 unspecified atom stereocenters. The number of rotatable bonds is 6. The van der Waals surface area contributed by atoms with E-state index in [0.717, 1.165) is 0 Å². The van der Waals surface area contributed by atoms with Gasteiger partial charge in [-0.15, -0.1) is 0 Å². The van der Waals surface area contributed by atoms with Gasteiger partial charge in [0.2, 0.25) is 5.91 Å². The Morgan fingerprint density at radius 2 is 1.42 bits per heavy atom. The highest BCUT2D eigenvalue weighted by Crippen LogP contribution is 2.33. The Kier molecular flexibility index (Phi) is 6.06. The highest BCUT2D eigenvalue weighted by atomic mass is 32.2. The summed E-state index contributed by atoms with van der Waals surface area (Å²) >= 11 is 0. The van der Waals surface area contributed by atoms with Crippen molar-refractivity contribution in [2.75, 3.05) is 0 Å². The number of sulfone groups is 1. The molecule has 0 aromatic heterocycles. The van der Waals surface area contributed by atoms with Crippen molar-refractivity contribution in [3.63, 3.8) is 0 Å². The summed E-state index contributed by atoms with van der Waals surface area (Å²) in [6.45, 7) is 12.6. The summed E-state index contributed by atoms with van der Waals surface area (Å²) in [6.07, 6.45) is 1.61. The van der Waals surface area contributed by atoms with E-state index in [1.165, 1.54) is 6.92 Å². The van der Waals surface area contributed by atoms with Crippen molar-refractivity contribution < 1.29 is 13.2 Å². The van der Waals surface area contributed by atoms with Crippen LogP contribution in [0.3, 0.4) is 0 Å². The van der Waals surface area contributed by atoms with Gasteiger partial charge in [-0.2, -0.15) is 0 Å². The lowest BCUT2D eigenvalue weighted by Crippen LogP contribution is -2.52. The van der Waals surface area contributed by atoms with Crippen LogP contribution in [0, 0.1) is 0 Å². The third-order valence-corrected chi connectivity index (χ3v) is 7.09. The highest BCUT2D eigenvalue weighted by Gasteiger charge is 2.45. The summed E-state index contributed by atoms with van der Waals surface area (Å²) < 4.78 is 24.6. The summed E-state index contributed by atoms with van der Waals surface area (Å²) in [4.78, 5) is 12.1. The van der Waals surface area contributed by atoms with Crippen molar-refractivity contribution in [3.05, 3.63) is 0 Å². The monoisotopic (exact) mass is 291 g/mol. The fourth-order valence-corrected chi connectivity index (χ4v) is 4.64. The van der Waals surface area contributed by atoms with Crippen LogP contribution in [0.15, 0.2) is 0 Å². The minimum atomic E-state index is -3.50. The maximum Gasteiger partial charge on any atom is 0.238 e. The van der Waals surface area contributed by atoms with Crippen molar-refractivity contribution in [1.29, 1.82) is 0 Å². The smallest absolute Gasteiger partial charge is 0.238 e. The number of hydrogen-bond acceptors (Lipinski definition) is 3. The SMILES string of the molecule is CCC(CC)(CC)S(=O)(=O)C(C)C(=O)NC(C)(C)C. The van der Waals surface area contributed by atoms with Gasteiger partial charge in [0.1, 0.15) is 5.25 Å². The molecule has 114 valence electrons. The molecule has 0 aliphatic carbocycles. The highest BCUT2D eigenvalue weighted by molar-refractivity contribution is 7.94. The zero-order chi connectivity index (χ0) is 15.5. The summed E-state index contributed by atoms with van der Waals surface area (Å²) in [5.74, 6) is -0.410. The summed E-state index contributed by atoms with van der Waals surface area (Å²) in [6, 6.07) is 0. The van der Waals surface area contributed by atoms with Gasteiger partial charge in [0, 0.05) is 5.54 Å². The molecule has 0 rings (SSSR count). The minimum absolute atomic E-state index is 0.410. The molecule has 1 N–H and O–H groups in total. The molecule has 0 bridgehead atoms. The summed E-state index contributed by atoms with van der Waals surface area (Å²) in [5, 5.41) is 1.74. The average molecular weight is 291 g/mol. The topological polar surface area (TPSA) is 63.2 Å². The second-order valence-electron chi connectivity index (χ2n) is 6.17. The Hall–Kier alpha value is -0.580. The number of carbonyl (C=O) groups is 1. The van der Waals surface area contributed by atoms with Gasteiger partial charge in [-0.3, -0.25) is 4.79 Å². The van der Waals surface area contributed by atoms with Crippen molar-refractivity contribution in [2.45, 2.75) is 83.3 Å². The second kappa shape index (κ2) is 6.25. The van der Waals surface area contributed by atoms with Gasteiger partial charge in [-0.1, -0.05) is 20.8 Å². The molecule has 19 heavy (non-hydrogen) atoms. The fourth-order valence-electron chi connectivity index (χ4n) is 2.34. The molecule has 1 amide bonds. The minimum Gasteiger partial charge on any atom is -0.350 e. The van der Waals surface area contributed by atoms with Crippen LogP contribution in [0.2, 0.25) is 0 Å². The molecule has 0 radical (unpaired) electrons. The van der Waals surface area contributed by atoms with E-state index in [9.17, 15) is 13.2 Å². The van der Waals surface area contributed by atoms with Gasteiger partial charge in [0.25, 0.3) is 0 Å². The quantitative estimate of drug-likeness (QED) is 0.818. The molecular formula is C14H29NO3S. The predicted molar refractivity (Wildman–Crippen MR) is 79.9 cm³/mol. The van der Waals surface area contributed by atoms with E-state index in [1.54, 1.807) is 0 Å². The van der Waals surface area contributed by atoms with Gasteiger partial charge in [0.05, 0.1) is 4.75 Å². The van der Waals surface area contributed by atoms with Crippen molar-refractivity contribution in [1.82, 2.24) is 5.32 Å². The summed E-state index contributed by atoms with van der Waals surface area (Å²) in [7, 11) is -3.50. The Morgan fingerprint density at radius 3 is 1.68 bits per heavy atom. The van der Waals surface area contributed by atoms with E-state index < -0.39 is 31.3 Å². The Balaban J connectivity index is 5.37. The van der Waals surface area contributed by atoms with Crippen LogP contribution < -0.4 is 5.32 Å². The first-order valence-electron chi connectivity index (χ1n) is 7.03. The van der Waals surface area contributed by atoms with E-state index in [2.05, 4.69) is 5.32 Å². The molecule has 0 fully saturated rings. The van der Waals surface area contributed by atoms with Crippen molar-refractivity contribution in [2.24, 2.45) is 0 Å². The van der Waals surface area contributed by atoms with Gasteiger partial charge in [-0.25, -0.2) is 8.42 Å². The molecule has 5 heteroatoms. The van der Waals surface area contributed by atoms with E-state index in [-0.39, 0.29) is 0 Å². The molecule has 0 saturated heterocycles. The maximum atomic E-state index is 12.7. The van der Waals surface area contributed by atoms with Crippen LogP contribution in [0.5, 0.6) is 0 Å². The van der Waals surface area contributed by atoms with Gasteiger partial charge in [-0.05, 0) is 47.0 Å². The normalized spacial score (nSPS) is 15.1. The first-order valence-corrected chi connectivity index (χ1v) is 8.57. The average Bonchev–Trinajstić information content (AvgIpc) is 2.28. The molecule has 0 aliphatic heterocycles. The number of amides is 1. The fraction of sp³-hybridized carbons (Fsp3) is 0.929. The number of carbonyl (C=O) groups excluding carboxylic acids is 1. The van der Waals surface area contributed by atoms with E-state index in [0.29, 0.717) is 19.3 Å². The zero-order valence-electron chi connectivity index (χ0n) is 13.3. The molecule has 0 heterocycles. The lowest BCUT2D eigenvalue weighted by Gasteiger charge is -2.33. The maximum absolute atomic E-state index is 12.7. The lowest BCUT2D eigenvalue weighted by molar-refractivity contribution is -0.121. The van der Waals surface area contributed by atoms with Gasteiger partial charge >= 0.3 is 0 Å². The van der Waals surface area contributed by atoms with E-state index in [4.69, 9.17) is 0 Å². The molecule has 1 atom stereocenters. The van der Waals surface area contributed by atoms with E-state index in [1.807, 2.05) is 41.5 Å². The molecule has 0 saturated carbocycles. The van der Waals surface area contributed by atoms with Crippen molar-refractivity contribution >= 4 is 15.7 Å². The predicted octanol–water partition coefficient (Wildman–Crippen LogP) is 2.67. The molecule has 0 aromatic carbocycles. The first-order chi connectivity index (χ1) is 8.47. The third-order valence-electron chi connectivity index (χ3n) is 3.87. The Morgan fingerprint density at radius 1 is 1.05 bits per heavy atom. The summed E-state index contributed by atoms with van der Waals surface area (Å²) in [5.41, 5.74) is -0.422. The van der Waals surface area contributed by atoms with Crippen molar-refractivity contribution in [3.8, 4) is 0 Å². The van der Waals surface area contributed by atoms with Crippen LogP contribution >= 0.6 is 0 Å². The number of nitrogens with one attached hydrogen (secondary N) is 1. The number of hydrogen-bond donors (Lipinski definition) is 1. The van der Waals surface area contributed by atoms with Crippen LogP contribution in [0.1, 0.15) is 67.7 Å². The molecule has 0 aliphatic rings. The van der Waals surface area contributed by atoms with Crippen LogP contribution in [0.25, 0.3) is 0 Å². The van der Waals surface area contributed by atoms with E-state index >= 15 is 0 Å². The van der Waals surface area contributed by atoms with Crippen LogP contribution in [-0.4, -0.2) is 29.9 Å². The standard InChI is InChI=1S/C14H29NO3S/c1-8-14(9-2,10-3)19(17,18)11(4)12(16)15-13(5,6)7/h11H,8-10H2,1-7H3,(H,15,16). The first kappa shape index (κ1) is 18.4. The Bertz CT molecular complexity index is 395. The van der Waals surface area contributed by atoms with Gasteiger partial charge < -0.3 is 5.32 Å². The third kappa shape index (κ3) is 3.94.